The van der Waals surface area contributed by atoms with Crippen LogP contribution in [0, 0.1) is 24.1 Å². The molecule has 21 heavy (non-hydrogen) atoms. The Morgan fingerprint density at radius 1 is 1.24 bits per heavy atom. The number of nitrogens with zero attached hydrogens (tertiary/aromatic N) is 1. The number of ether oxygens (including phenoxy) is 1. The van der Waals surface area contributed by atoms with Crippen molar-refractivity contribution in [3.8, 4) is 11.8 Å². The van der Waals surface area contributed by atoms with Crippen LogP contribution in [0.2, 0.25) is 0 Å². The van der Waals surface area contributed by atoms with Crippen LogP contribution in [0.5, 0.6) is 5.75 Å². The maximum atomic E-state index is 13.7. The van der Waals surface area contributed by atoms with Crippen molar-refractivity contribution in [2.75, 3.05) is 0 Å². The Balaban J connectivity index is 2.10. The Hall–Kier alpha value is -2.36. The van der Waals surface area contributed by atoms with Crippen molar-refractivity contribution in [3.63, 3.8) is 0 Å². The highest BCUT2D eigenvalue weighted by Crippen LogP contribution is 2.16. The van der Waals surface area contributed by atoms with Crippen molar-refractivity contribution >= 4 is 12.6 Å². The van der Waals surface area contributed by atoms with E-state index in [9.17, 15) is 4.39 Å². The summed E-state index contributed by atoms with van der Waals surface area (Å²) in [5, 5.41) is 26.9. The fourth-order valence-corrected chi connectivity index (χ4v) is 1.92. The molecular weight excluding hydrogens is 272 g/mol. The minimum absolute atomic E-state index is 0.0258. The van der Waals surface area contributed by atoms with Gasteiger partial charge in [0.05, 0.1) is 11.6 Å². The van der Waals surface area contributed by atoms with E-state index in [-0.39, 0.29) is 12.2 Å². The van der Waals surface area contributed by atoms with E-state index in [0.717, 1.165) is 6.07 Å². The molecule has 0 saturated carbocycles. The van der Waals surface area contributed by atoms with Gasteiger partial charge < -0.3 is 14.8 Å². The Kier molecular flexibility index (Phi) is 4.58. The van der Waals surface area contributed by atoms with Gasteiger partial charge in [0.2, 0.25) is 0 Å². The van der Waals surface area contributed by atoms with Crippen LogP contribution in [0.15, 0.2) is 36.4 Å². The average molecular weight is 285 g/mol. The average Bonchev–Trinajstić information content (AvgIpc) is 2.45. The van der Waals surface area contributed by atoms with Gasteiger partial charge in [-0.2, -0.15) is 5.26 Å². The van der Waals surface area contributed by atoms with E-state index in [0.29, 0.717) is 22.3 Å². The molecule has 0 amide bonds. The lowest BCUT2D eigenvalue weighted by Gasteiger charge is -2.10. The first-order valence-electron chi connectivity index (χ1n) is 6.29. The fourth-order valence-electron chi connectivity index (χ4n) is 1.92. The zero-order valence-electron chi connectivity index (χ0n) is 11.4. The number of hydrogen-bond donors (Lipinski definition) is 2. The fraction of sp³-hybridized carbons (Fsp3) is 0.133. The third kappa shape index (κ3) is 3.60. The smallest absolute Gasteiger partial charge is 0.488 e. The minimum atomic E-state index is -1.53. The first-order chi connectivity index (χ1) is 10.0. The van der Waals surface area contributed by atoms with Gasteiger partial charge in [0.1, 0.15) is 18.2 Å². The van der Waals surface area contributed by atoms with Crippen LogP contribution in [0.1, 0.15) is 16.7 Å². The highest BCUT2D eigenvalue weighted by Gasteiger charge is 2.14. The van der Waals surface area contributed by atoms with Crippen molar-refractivity contribution in [3.05, 3.63) is 58.9 Å². The molecule has 0 aromatic heterocycles. The maximum absolute atomic E-state index is 13.7. The van der Waals surface area contributed by atoms with Gasteiger partial charge >= 0.3 is 7.12 Å². The van der Waals surface area contributed by atoms with Crippen molar-refractivity contribution in [2.45, 2.75) is 13.5 Å². The number of benzene rings is 2. The van der Waals surface area contributed by atoms with Gasteiger partial charge in [0.25, 0.3) is 0 Å². The first-order valence-corrected chi connectivity index (χ1v) is 6.29. The summed E-state index contributed by atoms with van der Waals surface area (Å²) in [6.45, 7) is 1.75. The first kappa shape index (κ1) is 15.0. The van der Waals surface area contributed by atoms with Crippen molar-refractivity contribution < 1.29 is 19.2 Å². The highest BCUT2D eigenvalue weighted by atomic mass is 19.1. The minimum Gasteiger partial charge on any atom is -0.489 e. The van der Waals surface area contributed by atoms with Crippen LogP contribution < -0.4 is 10.2 Å². The van der Waals surface area contributed by atoms with Crippen molar-refractivity contribution in [2.24, 2.45) is 0 Å². The van der Waals surface area contributed by atoms with E-state index in [1.807, 2.05) is 6.07 Å². The quantitative estimate of drug-likeness (QED) is 0.829. The third-order valence-electron chi connectivity index (χ3n) is 3.10. The topological polar surface area (TPSA) is 73.5 Å². The molecule has 2 aromatic carbocycles. The van der Waals surface area contributed by atoms with Gasteiger partial charge in [0.15, 0.2) is 0 Å². The van der Waals surface area contributed by atoms with Gasteiger partial charge in [-0.25, -0.2) is 4.39 Å². The van der Waals surface area contributed by atoms with E-state index in [2.05, 4.69) is 0 Å². The van der Waals surface area contributed by atoms with Crippen LogP contribution in [-0.4, -0.2) is 17.2 Å². The number of halogens is 1. The summed E-state index contributed by atoms with van der Waals surface area (Å²) < 4.78 is 19.2. The molecule has 2 rings (SSSR count). The number of hydrogen-bond acceptors (Lipinski definition) is 4. The summed E-state index contributed by atoms with van der Waals surface area (Å²) >= 11 is 0. The van der Waals surface area contributed by atoms with Gasteiger partial charge in [0, 0.05) is 5.56 Å². The number of rotatable bonds is 4. The molecule has 0 aliphatic carbocycles. The van der Waals surface area contributed by atoms with Crippen LogP contribution in [0.4, 0.5) is 4.39 Å². The molecule has 0 radical (unpaired) electrons. The molecule has 0 atom stereocenters. The molecule has 0 heterocycles. The molecule has 0 bridgehead atoms. The Morgan fingerprint density at radius 2 is 2.00 bits per heavy atom. The lowest BCUT2D eigenvalue weighted by atomic mass is 9.77. The molecule has 0 aliphatic rings. The maximum Gasteiger partial charge on any atom is 0.488 e. The third-order valence-corrected chi connectivity index (χ3v) is 3.10. The molecule has 0 aliphatic heterocycles. The SMILES string of the molecule is Cc1cc(OCc2ccc(C#N)cc2F)ccc1B(O)O. The molecule has 106 valence electrons. The molecule has 0 saturated heterocycles. The van der Waals surface area contributed by atoms with E-state index < -0.39 is 12.9 Å². The van der Waals surface area contributed by atoms with Crippen molar-refractivity contribution in [1.82, 2.24) is 0 Å². The van der Waals surface area contributed by atoms with E-state index in [1.54, 1.807) is 25.1 Å². The van der Waals surface area contributed by atoms with Crippen molar-refractivity contribution in [1.29, 1.82) is 5.26 Å². The standard InChI is InChI=1S/C15H13BFNO3/c1-10-6-13(4-5-14(10)16(19)20)21-9-12-3-2-11(8-18)7-15(12)17/h2-7,19-20H,9H2,1H3. The molecular formula is C15H13BFNO3. The normalized spacial score (nSPS) is 10.0. The molecule has 0 spiro atoms. The molecule has 0 unspecified atom stereocenters. The van der Waals surface area contributed by atoms with Gasteiger partial charge in [-0.3, -0.25) is 0 Å². The van der Waals surface area contributed by atoms with Crippen LogP contribution in [0.25, 0.3) is 0 Å². The molecule has 0 fully saturated rings. The van der Waals surface area contributed by atoms with E-state index in [4.69, 9.17) is 20.0 Å². The Bertz CT molecular complexity index is 698. The van der Waals surface area contributed by atoms with E-state index in [1.165, 1.54) is 12.1 Å². The number of aryl methyl sites for hydroxylation is 1. The summed E-state index contributed by atoms with van der Waals surface area (Å²) in [7, 11) is -1.53. The molecule has 6 heteroatoms. The van der Waals surface area contributed by atoms with E-state index >= 15 is 0 Å². The largest absolute Gasteiger partial charge is 0.489 e. The molecule has 4 nitrogen and oxygen atoms in total. The molecule has 2 aromatic rings. The van der Waals surface area contributed by atoms with Gasteiger partial charge in [-0.1, -0.05) is 12.1 Å². The summed E-state index contributed by atoms with van der Waals surface area (Å²) in [4.78, 5) is 0. The second-order valence-corrected chi connectivity index (χ2v) is 4.60. The summed E-state index contributed by atoms with van der Waals surface area (Å²) in [5.41, 5.74) is 1.67. The van der Waals surface area contributed by atoms with Crippen LogP contribution in [0.3, 0.4) is 0 Å². The lowest BCUT2D eigenvalue weighted by Crippen LogP contribution is -2.31. The summed E-state index contributed by atoms with van der Waals surface area (Å²) in [6, 6.07) is 10.8. The Labute approximate surface area is 122 Å². The monoisotopic (exact) mass is 285 g/mol. The van der Waals surface area contributed by atoms with Gasteiger partial charge in [-0.15, -0.1) is 0 Å². The summed E-state index contributed by atoms with van der Waals surface area (Å²) in [6.07, 6.45) is 0. The highest BCUT2D eigenvalue weighted by molar-refractivity contribution is 6.59. The predicted octanol–water partition coefficient (Wildman–Crippen LogP) is 1.26. The van der Waals surface area contributed by atoms with Crippen LogP contribution >= 0.6 is 0 Å². The van der Waals surface area contributed by atoms with Gasteiger partial charge in [-0.05, 0) is 42.2 Å². The number of nitriles is 1. The summed E-state index contributed by atoms with van der Waals surface area (Å²) in [5.74, 6) is 0.00818. The predicted molar refractivity (Wildman–Crippen MR) is 76.5 cm³/mol. The zero-order valence-corrected chi connectivity index (χ0v) is 11.4. The second-order valence-electron chi connectivity index (χ2n) is 4.60. The Morgan fingerprint density at radius 3 is 2.57 bits per heavy atom. The zero-order chi connectivity index (χ0) is 15.4. The second kappa shape index (κ2) is 6.40. The van der Waals surface area contributed by atoms with Crippen LogP contribution in [-0.2, 0) is 6.61 Å². The lowest BCUT2D eigenvalue weighted by molar-refractivity contribution is 0.299. The molecule has 2 N–H and O–H groups in total.